The third-order valence-corrected chi connectivity index (χ3v) is 3.70. The Hall–Kier alpha value is -2.10. The van der Waals surface area contributed by atoms with Gasteiger partial charge in [0, 0.05) is 41.2 Å². The topological polar surface area (TPSA) is 65.1 Å². The Morgan fingerprint density at radius 2 is 2.11 bits per heavy atom. The molecule has 0 bridgehead atoms. The smallest absolute Gasteiger partial charge is 0.248 e. The fraction of sp³-hybridized carbons (Fsp3) is 0.286. The van der Waals surface area contributed by atoms with E-state index in [0.717, 1.165) is 35.0 Å². The molecular formula is C14H14N2O2. The maximum absolute atomic E-state index is 12.1. The number of nitrogens with zero attached hydrogens (tertiary/aromatic N) is 1. The van der Waals surface area contributed by atoms with Crippen LogP contribution in [-0.4, -0.2) is 16.3 Å². The molecule has 0 saturated carbocycles. The molecule has 2 aromatic rings. The number of benzene rings is 1. The lowest BCUT2D eigenvalue weighted by Crippen LogP contribution is -2.12. The molecule has 0 saturated heterocycles. The second-order valence-electron chi connectivity index (χ2n) is 4.75. The van der Waals surface area contributed by atoms with Crippen molar-refractivity contribution in [2.75, 3.05) is 0 Å². The first-order chi connectivity index (χ1) is 8.59. The molecule has 3 rings (SSSR count). The highest BCUT2D eigenvalue weighted by atomic mass is 16.1. The Bertz CT molecular complexity index is 683. The van der Waals surface area contributed by atoms with Crippen LogP contribution in [0.1, 0.15) is 39.3 Å². The van der Waals surface area contributed by atoms with Gasteiger partial charge in [0.25, 0.3) is 0 Å². The zero-order valence-electron chi connectivity index (χ0n) is 10.2. The number of rotatable bonds is 1. The van der Waals surface area contributed by atoms with Gasteiger partial charge in [0.15, 0.2) is 5.78 Å². The van der Waals surface area contributed by atoms with Crippen molar-refractivity contribution in [3.05, 3.63) is 35.0 Å². The zero-order chi connectivity index (χ0) is 12.9. The lowest BCUT2D eigenvalue weighted by molar-refractivity contribution is 0.0970. The van der Waals surface area contributed by atoms with Crippen molar-refractivity contribution >= 4 is 22.6 Å². The van der Waals surface area contributed by atoms with E-state index in [2.05, 4.69) is 0 Å². The molecule has 1 amide bonds. The molecule has 4 nitrogen and oxygen atoms in total. The van der Waals surface area contributed by atoms with Crippen LogP contribution in [0.2, 0.25) is 0 Å². The summed E-state index contributed by atoms with van der Waals surface area (Å²) in [4.78, 5) is 23.3. The Labute approximate surface area is 104 Å². The van der Waals surface area contributed by atoms with Crippen molar-refractivity contribution < 1.29 is 9.59 Å². The van der Waals surface area contributed by atoms with Crippen molar-refractivity contribution in [3.8, 4) is 0 Å². The number of fused-ring (bicyclic) bond motifs is 3. The van der Waals surface area contributed by atoms with E-state index in [-0.39, 0.29) is 5.78 Å². The van der Waals surface area contributed by atoms with Gasteiger partial charge in [0.2, 0.25) is 5.91 Å². The summed E-state index contributed by atoms with van der Waals surface area (Å²) in [5.74, 6) is -0.291. The molecule has 1 heterocycles. The number of amides is 1. The number of aryl methyl sites for hydroxylation is 1. The Balaban J connectivity index is 2.38. The molecule has 4 heteroatoms. The minimum Gasteiger partial charge on any atom is -0.366 e. The first-order valence-corrected chi connectivity index (χ1v) is 6.04. The number of primary amides is 1. The number of nitrogens with two attached hydrogens (primary N) is 1. The predicted octanol–water partition coefficient (Wildman–Crippen LogP) is 1.80. The van der Waals surface area contributed by atoms with Gasteiger partial charge in [-0.25, -0.2) is 0 Å². The monoisotopic (exact) mass is 242 g/mol. The van der Waals surface area contributed by atoms with E-state index in [1.165, 1.54) is 0 Å². The Morgan fingerprint density at radius 3 is 2.83 bits per heavy atom. The van der Waals surface area contributed by atoms with Gasteiger partial charge in [-0.1, -0.05) is 0 Å². The van der Waals surface area contributed by atoms with Crippen LogP contribution in [0.3, 0.4) is 0 Å². The number of Topliss-reactive ketones (excluding diaryl/α,β-unsaturated/α-hetero) is 1. The number of hydrogen-bond acceptors (Lipinski definition) is 2. The predicted molar refractivity (Wildman–Crippen MR) is 68.7 cm³/mol. The molecule has 1 aliphatic carbocycles. The van der Waals surface area contributed by atoms with Gasteiger partial charge in [-0.2, -0.15) is 0 Å². The molecule has 0 radical (unpaired) electrons. The van der Waals surface area contributed by atoms with Crippen LogP contribution in [0.15, 0.2) is 18.2 Å². The SMILES string of the molecule is Cn1c2c(c3cc(C(N)=O)ccc31)C(=O)CCC2. The minimum atomic E-state index is -0.460. The normalized spacial score (nSPS) is 14.8. The summed E-state index contributed by atoms with van der Waals surface area (Å²) in [6.07, 6.45) is 2.41. The van der Waals surface area contributed by atoms with Gasteiger partial charge in [0.1, 0.15) is 0 Å². The number of hydrogen-bond donors (Lipinski definition) is 1. The van der Waals surface area contributed by atoms with Crippen LogP contribution in [0.4, 0.5) is 0 Å². The maximum Gasteiger partial charge on any atom is 0.248 e. The van der Waals surface area contributed by atoms with E-state index in [0.29, 0.717) is 12.0 Å². The molecule has 0 spiro atoms. The number of aromatic nitrogens is 1. The van der Waals surface area contributed by atoms with Gasteiger partial charge in [-0.3, -0.25) is 9.59 Å². The highest BCUT2D eigenvalue weighted by Crippen LogP contribution is 2.31. The standard InChI is InChI=1S/C14H14N2O2/c1-16-10-6-5-8(14(15)18)7-9(10)13-11(16)3-2-4-12(13)17/h5-7H,2-4H2,1H3,(H2,15,18). The molecule has 0 fully saturated rings. The van der Waals surface area contributed by atoms with Crippen molar-refractivity contribution in [2.45, 2.75) is 19.3 Å². The van der Waals surface area contributed by atoms with E-state index in [1.54, 1.807) is 12.1 Å². The van der Waals surface area contributed by atoms with E-state index in [4.69, 9.17) is 5.73 Å². The van der Waals surface area contributed by atoms with Gasteiger partial charge in [0.05, 0.1) is 0 Å². The van der Waals surface area contributed by atoms with Crippen molar-refractivity contribution in [1.29, 1.82) is 0 Å². The second kappa shape index (κ2) is 3.70. The first kappa shape index (κ1) is 11.0. The summed E-state index contributed by atoms with van der Waals surface area (Å²) in [6.45, 7) is 0. The van der Waals surface area contributed by atoms with Crippen LogP contribution in [-0.2, 0) is 13.5 Å². The first-order valence-electron chi connectivity index (χ1n) is 6.04. The lowest BCUT2D eigenvalue weighted by atomic mass is 9.94. The average Bonchev–Trinajstić information content (AvgIpc) is 2.64. The summed E-state index contributed by atoms with van der Waals surface area (Å²) < 4.78 is 2.05. The van der Waals surface area contributed by atoms with E-state index >= 15 is 0 Å². The third-order valence-electron chi connectivity index (χ3n) is 3.70. The number of carbonyl (C=O) groups excluding carboxylic acids is 2. The summed E-state index contributed by atoms with van der Waals surface area (Å²) in [5, 5.41) is 0.855. The summed E-state index contributed by atoms with van der Waals surface area (Å²) in [7, 11) is 1.96. The summed E-state index contributed by atoms with van der Waals surface area (Å²) in [6, 6.07) is 5.31. The summed E-state index contributed by atoms with van der Waals surface area (Å²) >= 11 is 0. The fourth-order valence-corrected chi connectivity index (χ4v) is 2.80. The van der Waals surface area contributed by atoms with Crippen molar-refractivity contribution in [2.24, 2.45) is 12.8 Å². The quantitative estimate of drug-likeness (QED) is 0.828. The van der Waals surface area contributed by atoms with Crippen LogP contribution in [0.5, 0.6) is 0 Å². The molecule has 92 valence electrons. The second-order valence-corrected chi connectivity index (χ2v) is 4.75. The molecule has 1 aromatic carbocycles. The molecule has 2 N–H and O–H groups in total. The van der Waals surface area contributed by atoms with Crippen LogP contribution in [0, 0.1) is 0 Å². The minimum absolute atomic E-state index is 0.170. The van der Waals surface area contributed by atoms with Crippen LogP contribution in [0.25, 0.3) is 10.9 Å². The van der Waals surface area contributed by atoms with E-state index < -0.39 is 5.91 Å². The molecule has 0 aliphatic heterocycles. The average molecular weight is 242 g/mol. The number of carbonyl (C=O) groups is 2. The number of ketones is 1. The molecular weight excluding hydrogens is 228 g/mol. The molecule has 1 aliphatic rings. The zero-order valence-corrected chi connectivity index (χ0v) is 10.2. The Kier molecular flexibility index (Phi) is 2.26. The van der Waals surface area contributed by atoms with Gasteiger partial charge in [-0.05, 0) is 31.0 Å². The Morgan fingerprint density at radius 1 is 1.33 bits per heavy atom. The van der Waals surface area contributed by atoms with Gasteiger partial charge in [-0.15, -0.1) is 0 Å². The van der Waals surface area contributed by atoms with Crippen LogP contribution < -0.4 is 5.73 Å². The van der Waals surface area contributed by atoms with Crippen molar-refractivity contribution in [3.63, 3.8) is 0 Å². The van der Waals surface area contributed by atoms with Gasteiger partial charge >= 0.3 is 0 Å². The summed E-state index contributed by atoms with van der Waals surface area (Å²) in [5.41, 5.74) is 8.58. The van der Waals surface area contributed by atoms with E-state index in [1.807, 2.05) is 17.7 Å². The largest absolute Gasteiger partial charge is 0.366 e. The maximum atomic E-state index is 12.1. The molecule has 0 unspecified atom stereocenters. The third kappa shape index (κ3) is 1.38. The van der Waals surface area contributed by atoms with E-state index in [9.17, 15) is 9.59 Å². The lowest BCUT2D eigenvalue weighted by Gasteiger charge is -2.12. The molecule has 0 atom stereocenters. The highest BCUT2D eigenvalue weighted by molar-refractivity contribution is 6.11. The highest BCUT2D eigenvalue weighted by Gasteiger charge is 2.24. The van der Waals surface area contributed by atoms with Crippen molar-refractivity contribution in [1.82, 2.24) is 4.57 Å². The van der Waals surface area contributed by atoms with Crippen LogP contribution >= 0.6 is 0 Å². The molecule has 18 heavy (non-hydrogen) atoms. The molecule has 1 aromatic heterocycles. The fourth-order valence-electron chi connectivity index (χ4n) is 2.80. The van der Waals surface area contributed by atoms with Gasteiger partial charge < -0.3 is 10.3 Å².